The van der Waals surface area contributed by atoms with Crippen LogP contribution < -0.4 is 18.9 Å². The maximum absolute atomic E-state index is 8.20. The second kappa shape index (κ2) is 6.17. The smallest absolute Gasteiger partial charge is 0.395 e. The molecule has 2 heteroatoms. The number of rotatable bonds is 2. The molecule has 7 heavy (non-hydrogen) atoms. The molecule has 0 aliphatic rings. The Kier molecular flexibility index (Phi) is 9.00. The molecule has 1 N–H and O–H groups in total. The fourth-order valence-corrected chi connectivity index (χ4v) is 0.0913. The summed E-state index contributed by atoms with van der Waals surface area (Å²) in [5.74, 6) is 0. The molecular formula is C5H9LiO. The van der Waals surface area contributed by atoms with Crippen LogP contribution in [0.4, 0.5) is 0 Å². The third-order valence-electron chi connectivity index (χ3n) is 0.611. The minimum absolute atomic E-state index is 0. The van der Waals surface area contributed by atoms with Gasteiger partial charge in [-0.3, -0.25) is 0 Å². The molecule has 0 unspecified atom stereocenters. The van der Waals surface area contributed by atoms with E-state index in [9.17, 15) is 0 Å². The molecule has 0 radical (unpaired) electrons. The Morgan fingerprint density at radius 3 is 2.29 bits per heavy atom. The molecule has 0 amide bonds. The van der Waals surface area contributed by atoms with E-state index in [1.807, 2.05) is 6.92 Å². The van der Waals surface area contributed by atoms with Gasteiger partial charge in [-0.2, -0.15) is 5.57 Å². The van der Waals surface area contributed by atoms with Crippen LogP contribution in [0.1, 0.15) is 6.92 Å². The first-order valence-corrected chi connectivity index (χ1v) is 1.89. The van der Waals surface area contributed by atoms with E-state index in [1.54, 1.807) is 6.42 Å². The van der Waals surface area contributed by atoms with Crippen LogP contribution in [0.25, 0.3) is 0 Å². The van der Waals surface area contributed by atoms with Gasteiger partial charge in [0.1, 0.15) is 0 Å². The zero-order chi connectivity index (χ0) is 4.99. The molecule has 0 saturated heterocycles. The van der Waals surface area contributed by atoms with Crippen LogP contribution in [0, 0.1) is 6.42 Å². The zero-order valence-electron chi connectivity index (χ0n) is 4.94. The standard InChI is InChI=1S/C5H9O.Li/c1-3-5(2)4-6;/h3,6H,2,4H2,1H3;/q-1;+1. The van der Waals surface area contributed by atoms with Gasteiger partial charge in [0.2, 0.25) is 0 Å². The van der Waals surface area contributed by atoms with Crippen molar-refractivity contribution in [2.75, 3.05) is 6.61 Å². The van der Waals surface area contributed by atoms with Crippen molar-refractivity contribution in [1.82, 2.24) is 0 Å². The zero-order valence-corrected chi connectivity index (χ0v) is 4.94. The summed E-state index contributed by atoms with van der Waals surface area (Å²) < 4.78 is 0. The third-order valence-corrected chi connectivity index (χ3v) is 0.611. The van der Waals surface area contributed by atoms with Crippen LogP contribution in [0.15, 0.2) is 12.2 Å². The predicted molar refractivity (Wildman–Crippen MR) is 26.2 cm³/mol. The maximum Gasteiger partial charge on any atom is 1.00 e. The minimum Gasteiger partial charge on any atom is -0.395 e. The van der Waals surface area contributed by atoms with Crippen LogP contribution in [0.2, 0.25) is 0 Å². The van der Waals surface area contributed by atoms with Crippen molar-refractivity contribution in [3.05, 3.63) is 18.6 Å². The number of hydrogen-bond donors (Lipinski definition) is 1. The fourth-order valence-electron chi connectivity index (χ4n) is 0.0913. The van der Waals surface area contributed by atoms with E-state index in [1.165, 1.54) is 0 Å². The summed E-state index contributed by atoms with van der Waals surface area (Å²) in [6.45, 7) is 5.41. The van der Waals surface area contributed by atoms with Gasteiger partial charge in [0.15, 0.2) is 0 Å². The molecule has 1 nitrogen and oxygen atoms in total. The van der Waals surface area contributed by atoms with E-state index in [2.05, 4.69) is 6.58 Å². The van der Waals surface area contributed by atoms with Crippen molar-refractivity contribution < 1.29 is 24.0 Å². The maximum atomic E-state index is 8.20. The number of aliphatic hydroxyl groups excluding tert-OH is 1. The molecular weight excluding hydrogens is 83.0 g/mol. The average Bonchev–Trinajstić information content (AvgIpc) is 1.65. The Morgan fingerprint density at radius 2 is 2.29 bits per heavy atom. The molecule has 0 atom stereocenters. The van der Waals surface area contributed by atoms with Gasteiger partial charge in [0.05, 0.1) is 0 Å². The van der Waals surface area contributed by atoms with E-state index >= 15 is 0 Å². The van der Waals surface area contributed by atoms with Crippen molar-refractivity contribution in [1.29, 1.82) is 0 Å². The van der Waals surface area contributed by atoms with Crippen molar-refractivity contribution >= 4 is 0 Å². The van der Waals surface area contributed by atoms with E-state index in [0.717, 1.165) is 5.57 Å². The van der Waals surface area contributed by atoms with Crippen LogP contribution >= 0.6 is 0 Å². The summed E-state index contributed by atoms with van der Waals surface area (Å²) in [4.78, 5) is 0. The van der Waals surface area contributed by atoms with Crippen molar-refractivity contribution in [3.63, 3.8) is 0 Å². The van der Waals surface area contributed by atoms with Crippen molar-refractivity contribution in [2.24, 2.45) is 0 Å². The fraction of sp³-hybridized carbons (Fsp3) is 0.400. The van der Waals surface area contributed by atoms with Gasteiger partial charge in [0.25, 0.3) is 0 Å². The van der Waals surface area contributed by atoms with Crippen LogP contribution in [-0.2, 0) is 0 Å². The van der Waals surface area contributed by atoms with Crippen LogP contribution in [-0.4, -0.2) is 11.7 Å². The molecule has 36 valence electrons. The summed E-state index contributed by atoms with van der Waals surface area (Å²) >= 11 is 0. The monoisotopic (exact) mass is 92.1 g/mol. The quantitative estimate of drug-likeness (QED) is 0.302. The normalized spacial score (nSPS) is 6.57. The molecule has 0 fully saturated rings. The topological polar surface area (TPSA) is 20.2 Å². The van der Waals surface area contributed by atoms with Crippen molar-refractivity contribution in [3.8, 4) is 0 Å². The summed E-state index contributed by atoms with van der Waals surface area (Å²) in [5, 5.41) is 8.20. The van der Waals surface area contributed by atoms with Crippen LogP contribution in [0.3, 0.4) is 0 Å². The van der Waals surface area contributed by atoms with E-state index in [-0.39, 0.29) is 25.5 Å². The van der Waals surface area contributed by atoms with Gasteiger partial charge in [-0.25, -0.2) is 13.0 Å². The second-order valence-corrected chi connectivity index (χ2v) is 1.11. The number of aliphatic hydroxyl groups is 1. The van der Waals surface area contributed by atoms with Gasteiger partial charge in [0, 0.05) is 6.61 Å². The van der Waals surface area contributed by atoms with Gasteiger partial charge in [-0.1, -0.05) is 0 Å². The molecule has 0 aromatic carbocycles. The van der Waals surface area contributed by atoms with Gasteiger partial charge in [-0.15, -0.1) is 6.92 Å². The Hall–Kier alpha value is 0.167. The SMILES string of the molecule is C=C([CH-]C)CO.[Li+]. The molecule has 0 aliphatic carbocycles. The van der Waals surface area contributed by atoms with E-state index < -0.39 is 0 Å². The van der Waals surface area contributed by atoms with E-state index in [0.29, 0.717) is 0 Å². The predicted octanol–water partition coefficient (Wildman–Crippen LogP) is -2.24. The number of hydrogen-bond acceptors (Lipinski definition) is 1. The Morgan fingerprint density at radius 1 is 1.86 bits per heavy atom. The van der Waals surface area contributed by atoms with Gasteiger partial charge < -0.3 is 5.11 Å². The first kappa shape index (κ1) is 10.2. The minimum atomic E-state index is 0. The summed E-state index contributed by atoms with van der Waals surface area (Å²) in [6, 6.07) is 0. The molecule has 0 aromatic rings. The molecule has 0 spiro atoms. The molecule has 0 aliphatic heterocycles. The van der Waals surface area contributed by atoms with Crippen molar-refractivity contribution in [2.45, 2.75) is 6.92 Å². The molecule has 0 heterocycles. The summed E-state index contributed by atoms with van der Waals surface area (Å²) in [7, 11) is 0. The Labute approximate surface area is 56.6 Å². The van der Waals surface area contributed by atoms with E-state index in [4.69, 9.17) is 5.11 Å². The Balaban J connectivity index is 0. The first-order valence-electron chi connectivity index (χ1n) is 1.89. The summed E-state index contributed by atoms with van der Waals surface area (Å²) in [5.41, 5.74) is 0.773. The summed E-state index contributed by atoms with van der Waals surface area (Å²) in [6.07, 6.45) is 1.78. The van der Waals surface area contributed by atoms with Gasteiger partial charge in [-0.05, 0) is 0 Å². The molecule has 0 saturated carbocycles. The third kappa shape index (κ3) is 6.17. The largest absolute Gasteiger partial charge is 1.00 e. The van der Waals surface area contributed by atoms with Gasteiger partial charge >= 0.3 is 18.9 Å². The first-order chi connectivity index (χ1) is 2.81. The Bertz CT molecular complexity index is 46.0. The molecule has 0 rings (SSSR count). The average molecular weight is 92.1 g/mol. The molecule has 0 bridgehead atoms. The second-order valence-electron chi connectivity index (χ2n) is 1.11. The van der Waals surface area contributed by atoms with Crippen LogP contribution in [0.5, 0.6) is 0 Å². The molecule has 0 aromatic heterocycles.